The highest BCUT2D eigenvalue weighted by Gasteiger charge is 2.22. The van der Waals surface area contributed by atoms with Crippen LogP contribution < -0.4 is 5.32 Å². The van der Waals surface area contributed by atoms with E-state index < -0.39 is 12.3 Å². The summed E-state index contributed by atoms with van der Waals surface area (Å²) in [5, 5.41) is 6.53. The van der Waals surface area contributed by atoms with Gasteiger partial charge < -0.3 is 19.1 Å². The quantitative estimate of drug-likeness (QED) is 0.412. The molecule has 1 aliphatic heterocycles. The average molecular weight is 482 g/mol. The molecular weight excluding hydrogens is 458 g/mol. The number of imidazole rings is 1. The molecular formula is C24H24F2N6O3. The lowest BCUT2D eigenvalue weighted by Crippen LogP contribution is -2.35. The van der Waals surface area contributed by atoms with Gasteiger partial charge in [-0.3, -0.25) is 9.69 Å². The summed E-state index contributed by atoms with van der Waals surface area (Å²) in [5.74, 6) is -1.05. The number of carbonyl (C=O) groups is 1. The summed E-state index contributed by atoms with van der Waals surface area (Å²) in [5.41, 5.74) is 3.09. The van der Waals surface area contributed by atoms with E-state index in [0.717, 1.165) is 38.4 Å². The zero-order valence-electron chi connectivity index (χ0n) is 18.9. The van der Waals surface area contributed by atoms with Crippen LogP contribution in [0.3, 0.4) is 0 Å². The number of carbonyl (C=O) groups excluding carboxylic acids is 1. The minimum Gasteiger partial charge on any atom is -0.379 e. The van der Waals surface area contributed by atoms with Crippen molar-refractivity contribution >= 4 is 16.9 Å². The van der Waals surface area contributed by atoms with Gasteiger partial charge in [-0.2, -0.15) is 4.98 Å². The first-order chi connectivity index (χ1) is 17.1. The summed E-state index contributed by atoms with van der Waals surface area (Å²) in [7, 11) is 0. The molecule has 0 aliphatic carbocycles. The summed E-state index contributed by atoms with van der Waals surface area (Å²) in [4.78, 5) is 22.9. The van der Waals surface area contributed by atoms with E-state index >= 15 is 0 Å². The summed E-state index contributed by atoms with van der Waals surface area (Å²) < 4.78 is 38.7. The van der Waals surface area contributed by atoms with E-state index in [4.69, 9.17) is 9.26 Å². The standard InChI is InChI=1S/C24H24F2N6O3/c25-21(26)22-28-18-3-1-2-4-19(18)32(22)15-20-29-24(35-30-20)23(33)27-13-16-5-7-17(8-6-16)14-31-9-11-34-12-10-31/h1-8,21H,9-15H2,(H,27,33). The molecule has 9 nitrogen and oxygen atoms in total. The molecule has 0 saturated carbocycles. The molecule has 0 atom stereocenters. The molecule has 0 spiro atoms. The number of alkyl halides is 2. The number of aromatic nitrogens is 4. The molecule has 2 aromatic heterocycles. The first kappa shape index (κ1) is 23.1. The highest BCUT2D eigenvalue weighted by Crippen LogP contribution is 2.24. The fourth-order valence-electron chi connectivity index (χ4n) is 4.02. The van der Waals surface area contributed by atoms with Gasteiger partial charge in [-0.1, -0.05) is 41.6 Å². The molecule has 0 unspecified atom stereocenters. The van der Waals surface area contributed by atoms with Gasteiger partial charge in [-0.15, -0.1) is 0 Å². The molecule has 1 saturated heterocycles. The molecule has 5 rings (SSSR count). The SMILES string of the molecule is O=C(NCc1ccc(CN2CCOCC2)cc1)c1nc(Cn2c(C(F)F)nc3ccccc32)no1. The normalized spacial score (nSPS) is 14.6. The third kappa shape index (κ3) is 5.36. The Labute approximate surface area is 199 Å². The van der Waals surface area contributed by atoms with Gasteiger partial charge in [0.2, 0.25) is 0 Å². The molecule has 0 radical (unpaired) electrons. The summed E-state index contributed by atoms with van der Waals surface area (Å²) in [6.45, 7) is 4.41. The molecule has 35 heavy (non-hydrogen) atoms. The third-order valence-electron chi connectivity index (χ3n) is 5.83. The topological polar surface area (TPSA) is 98.3 Å². The lowest BCUT2D eigenvalue weighted by Gasteiger charge is -2.26. The maximum absolute atomic E-state index is 13.5. The predicted octanol–water partition coefficient (Wildman–Crippen LogP) is 3.17. The highest BCUT2D eigenvalue weighted by molar-refractivity contribution is 5.89. The Balaban J connectivity index is 1.19. The van der Waals surface area contributed by atoms with E-state index in [1.54, 1.807) is 24.3 Å². The van der Waals surface area contributed by atoms with Gasteiger partial charge in [-0.05, 0) is 23.3 Å². The maximum atomic E-state index is 13.5. The van der Waals surface area contributed by atoms with Crippen molar-refractivity contribution < 1.29 is 22.8 Å². The van der Waals surface area contributed by atoms with Crippen LogP contribution in [0.15, 0.2) is 53.1 Å². The number of morpholine rings is 1. The number of halogens is 2. The summed E-state index contributed by atoms with van der Waals surface area (Å²) >= 11 is 0. The highest BCUT2D eigenvalue weighted by atomic mass is 19.3. The van der Waals surface area contributed by atoms with Crippen molar-refractivity contribution in [1.82, 2.24) is 29.9 Å². The van der Waals surface area contributed by atoms with Crippen LogP contribution in [0.25, 0.3) is 11.0 Å². The monoisotopic (exact) mass is 482 g/mol. The zero-order chi connectivity index (χ0) is 24.2. The first-order valence-electron chi connectivity index (χ1n) is 11.3. The fraction of sp³-hybridized carbons (Fsp3) is 0.333. The van der Waals surface area contributed by atoms with Gasteiger partial charge in [0.15, 0.2) is 11.6 Å². The van der Waals surface area contributed by atoms with Crippen LogP contribution in [0.5, 0.6) is 0 Å². The number of fused-ring (bicyclic) bond motifs is 1. The molecule has 11 heteroatoms. The van der Waals surface area contributed by atoms with E-state index in [1.807, 2.05) is 24.3 Å². The summed E-state index contributed by atoms with van der Waals surface area (Å²) in [6.07, 6.45) is -2.77. The van der Waals surface area contributed by atoms with Crippen molar-refractivity contribution in [1.29, 1.82) is 0 Å². The van der Waals surface area contributed by atoms with Crippen LogP contribution in [0, 0.1) is 0 Å². The van der Waals surface area contributed by atoms with E-state index in [9.17, 15) is 13.6 Å². The Hall–Kier alpha value is -3.70. The second-order valence-electron chi connectivity index (χ2n) is 8.25. The van der Waals surface area contributed by atoms with Gasteiger partial charge >= 0.3 is 11.8 Å². The largest absolute Gasteiger partial charge is 0.379 e. The maximum Gasteiger partial charge on any atom is 0.316 e. The molecule has 1 aliphatic rings. The van der Waals surface area contributed by atoms with Crippen molar-refractivity contribution in [2.75, 3.05) is 26.3 Å². The van der Waals surface area contributed by atoms with Gasteiger partial charge in [0, 0.05) is 26.2 Å². The van der Waals surface area contributed by atoms with Crippen LogP contribution >= 0.6 is 0 Å². The molecule has 1 fully saturated rings. The minimum atomic E-state index is -2.77. The molecule has 0 bridgehead atoms. The molecule has 4 aromatic rings. The van der Waals surface area contributed by atoms with Crippen molar-refractivity contribution in [3.63, 3.8) is 0 Å². The van der Waals surface area contributed by atoms with Crippen molar-refractivity contribution in [3.05, 3.63) is 77.2 Å². The van der Waals surface area contributed by atoms with Crippen molar-refractivity contribution in [2.45, 2.75) is 26.1 Å². The number of hydrogen-bond acceptors (Lipinski definition) is 7. The molecule has 1 N–H and O–H groups in total. The van der Waals surface area contributed by atoms with Crippen molar-refractivity contribution in [2.24, 2.45) is 0 Å². The van der Waals surface area contributed by atoms with Gasteiger partial charge in [0.25, 0.3) is 6.43 Å². The molecule has 2 aromatic carbocycles. The number of amides is 1. The minimum absolute atomic E-state index is 0.0957. The van der Waals surface area contributed by atoms with E-state index in [-0.39, 0.29) is 30.6 Å². The Morgan fingerprint density at radius 2 is 1.74 bits per heavy atom. The number of hydrogen-bond donors (Lipinski definition) is 1. The predicted molar refractivity (Wildman–Crippen MR) is 122 cm³/mol. The smallest absolute Gasteiger partial charge is 0.316 e. The van der Waals surface area contributed by atoms with Crippen LogP contribution in [-0.2, 0) is 24.4 Å². The molecule has 3 heterocycles. The van der Waals surface area contributed by atoms with Gasteiger partial charge in [-0.25, -0.2) is 13.8 Å². The second kappa shape index (κ2) is 10.3. The second-order valence-corrected chi connectivity index (χ2v) is 8.25. The zero-order valence-corrected chi connectivity index (χ0v) is 18.9. The Morgan fingerprint density at radius 1 is 1.00 bits per heavy atom. The first-order valence-corrected chi connectivity index (χ1v) is 11.3. The van der Waals surface area contributed by atoms with E-state index in [0.29, 0.717) is 11.0 Å². The van der Waals surface area contributed by atoms with E-state index in [1.165, 1.54) is 10.1 Å². The summed E-state index contributed by atoms with van der Waals surface area (Å²) in [6, 6.07) is 14.8. The average Bonchev–Trinajstić information content (AvgIpc) is 3.50. The lowest BCUT2D eigenvalue weighted by molar-refractivity contribution is 0.0342. The number of nitrogens with one attached hydrogen (secondary N) is 1. The number of rotatable bonds is 8. The molecule has 1 amide bonds. The van der Waals surface area contributed by atoms with Crippen LogP contribution in [0.2, 0.25) is 0 Å². The Bertz CT molecular complexity index is 1300. The lowest BCUT2D eigenvalue weighted by atomic mass is 10.1. The van der Waals surface area contributed by atoms with Gasteiger partial charge in [0.05, 0.1) is 30.8 Å². The van der Waals surface area contributed by atoms with Crippen molar-refractivity contribution in [3.8, 4) is 0 Å². The Kier molecular flexibility index (Phi) is 6.77. The Morgan fingerprint density at radius 3 is 2.51 bits per heavy atom. The number of ether oxygens (including phenoxy) is 1. The van der Waals surface area contributed by atoms with Gasteiger partial charge in [0.1, 0.15) is 0 Å². The number of para-hydroxylation sites is 2. The number of benzene rings is 2. The molecule has 182 valence electrons. The van der Waals surface area contributed by atoms with Crippen LogP contribution in [0.4, 0.5) is 8.78 Å². The van der Waals surface area contributed by atoms with E-state index in [2.05, 4.69) is 25.3 Å². The fourth-order valence-corrected chi connectivity index (χ4v) is 4.02. The van der Waals surface area contributed by atoms with Crippen LogP contribution in [0.1, 0.15) is 39.9 Å². The van der Waals surface area contributed by atoms with Crippen LogP contribution in [-0.4, -0.2) is 56.8 Å². The number of nitrogens with zero attached hydrogens (tertiary/aromatic N) is 5. The third-order valence-corrected chi connectivity index (χ3v) is 5.83.